The minimum atomic E-state index is -4.54. The molecule has 0 rings (SSSR count). The number of phosphoric ester groups is 1. The van der Waals surface area contributed by atoms with E-state index in [1.807, 2.05) is 12.2 Å². The van der Waals surface area contributed by atoms with Gasteiger partial charge in [-0.05, 0) is 51.4 Å². The topological polar surface area (TPSA) is 132 Å². The number of aliphatic hydroxyl groups is 2. The highest BCUT2D eigenvalue weighted by Crippen LogP contribution is 2.43. The summed E-state index contributed by atoms with van der Waals surface area (Å²) >= 11 is 0. The number of hydrogen-bond donors (Lipinski definition) is 3. The molecular weight excluding hydrogens is 751 g/mol. The van der Waals surface area contributed by atoms with E-state index in [4.69, 9.17) is 23.6 Å². The van der Waals surface area contributed by atoms with E-state index in [-0.39, 0.29) is 13.0 Å². The highest BCUT2D eigenvalue weighted by molar-refractivity contribution is 7.47. The highest BCUT2D eigenvalue weighted by atomic mass is 31.2. The minimum Gasteiger partial charge on any atom is -0.457 e. The first-order valence-electron chi connectivity index (χ1n) is 22.9. The molecule has 0 bridgehead atoms. The van der Waals surface area contributed by atoms with Crippen molar-refractivity contribution in [3.05, 3.63) is 72.9 Å². The number of carbonyl (C=O) groups is 1. The Kier molecular flexibility index (Phi) is 42.8. The Morgan fingerprint density at radius 1 is 0.552 bits per heavy atom. The summed E-state index contributed by atoms with van der Waals surface area (Å²) in [7, 11) is -4.54. The lowest BCUT2D eigenvalue weighted by Crippen LogP contribution is -2.29. The van der Waals surface area contributed by atoms with Gasteiger partial charge < -0.3 is 24.6 Å². The van der Waals surface area contributed by atoms with E-state index >= 15 is 0 Å². The number of hydrogen-bond acceptors (Lipinski definition) is 8. The van der Waals surface area contributed by atoms with E-state index in [1.54, 1.807) is 0 Å². The molecule has 336 valence electrons. The quantitative estimate of drug-likeness (QED) is 0.0238. The lowest BCUT2D eigenvalue weighted by atomic mass is 10.0. The average molecular weight is 837 g/mol. The third kappa shape index (κ3) is 43.5. The second kappa shape index (κ2) is 44.5. The molecule has 0 aliphatic carbocycles. The number of unbranched alkanes of at least 4 members (excludes halogenated alkanes) is 17. The summed E-state index contributed by atoms with van der Waals surface area (Å²) < 4.78 is 33.3. The summed E-state index contributed by atoms with van der Waals surface area (Å²) in [5.74, 6) is -0.464. The molecule has 0 heterocycles. The zero-order valence-electron chi connectivity index (χ0n) is 36.7. The van der Waals surface area contributed by atoms with Gasteiger partial charge in [0.25, 0.3) is 0 Å². The summed E-state index contributed by atoms with van der Waals surface area (Å²) in [5.41, 5.74) is 0. The molecule has 0 aromatic rings. The van der Waals surface area contributed by atoms with Crippen LogP contribution in [0.3, 0.4) is 0 Å². The molecule has 0 aromatic heterocycles. The molecule has 3 N–H and O–H groups in total. The molecule has 1 unspecified atom stereocenters. The van der Waals surface area contributed by atoms with Crippen LogP contribution >= 0.6 is 7.82 Å². The van der Waals surface area contributed by atoms with Gasteiger partial charge in [-0.15, -0.1) is 0 Å². The first kappa shape index (κ1) is 55.9. The predicted octanol–water partition coefficient (Wildman–Crippen LogP) is 12.9. The zero-order valence-corrected chi connectivity index (χ0v) is 37.6. The fraction of sp³-hybridized carbons (Fsp3) is 0.729. The number of phosphoric acid groups is 1. The van der Waals surface area contributed by atoms with Crippen LogP contribution in [-0.4, -0.2) is 66.3 Å². The van der Waals surface area contributed by atoms with Crippen LogP contribution < -0.4 is 0 Å². The predicted molar refractivity (Wildman–Crippen MR) is 242 cm³/mol. The third-order valence-electron chi connectivity index (χ3n) is 9.42. The van der Waals surface area contributed by atoms with Crippen molar-refractivity contribution in [3.63, 3.8) is 0 Å². The summed E-state index contributed by atoms with van der Waals surface area (Å²) in [4.78, 5) is 22.6. The molecule has 0 aliphatic rings. The van der Waals surface area contributed by atoms with Crippen LogP contribution in [0.1, 0.15) is 181 Å². The molecule has 10 heteroatoms. The molecule has 58 heavy (non-hydrogen) atoms. The Morgan fingerprint density at radius 2 is 0.948 bits per heavy atom. The highest BCUT2D eigenvalue weighted by Gasteiger charge is 2.26. The van der Waals surface area contributed by atoms with Gasteiger partial charge in [0.15, 0.2) is 0 Å². The van der Waals surface area contributed by atoms with Gasteiger partial charge in [-0.3, -0.25) is 13.8 Å². The van der Waals surface area contributed by atoms with Crippen molar-refractivity contribution < 1.29 is 43.0 Å². The normalized spacial score (nSPS) is 14.6. The Balaban J connectivity index is 4.26. The van der Waals surface area contributed by atoms with Crippen LogP contribution in [0.25, 0.3) is 0 Å². The van der Waals surface area contributed by atoms with Crippen molar-refractivity contribution in [1.82, 2.24) is 0 Å². The molecule has 0 radical (unpaired) electrons. The number of ether oxygens (including phenoxy) is 2. The van der Waals surface area contributed by atoms with E-state index in [0.717, 1.165) is 57.8 Å². The van der Waals surface area contributed by atoms with Crippen molar-refractivity contribution in [3.8, 4) is 0 Å². The van der Waals surface area contributed by atoms with Gasteiger partial charge >= 0.3 is 13.8 Å². The maximum Gasteiger partial charge on any atom is 0.472 e. The summed E-state index contributed by atoms with van der Waals surface area (Å²) in [6, 6.07) is 0. The second-order valence-corrected chi connectivity index (χ2v) is 16.5. The van der Waals surface area contributed by atoms with Gasteiger partial charge in [-0.1, -0.05) is 196 Å². The van der Waals surface area contributed by atoms with E-state index < -0.39 is 45.8 Å². The maximum absolute atomic E-state index is 12.6. The Bertz CT molecular complexity index is 1130. The van der Waals surface area contributed by atoms with Crippen LogP contribution in [0.15, 0.2) is 72.9 Å². The molecule has 0 fully saturated rings. The fourth-order valence-corrected chi connectivity index (χ4v) is 6.76. The van der Waals surface area contributed by atoms with E-state index in [1.165, 1.54) is 96.3 Å². The van der Waals surface area contributed by atoms with Gasteiger partial charge in [0.1, 0.15) is 12.2 Å². The van der Waals surface area contributed by atoms with Gasteiger partial charge in [0.2, 0.25) is 0 Å². The minimum absolute atomic E-state index is 0.0177. The fourth-order valence-electron chi connectivity index (χ4n) is 5.97. The van der Waals surface area contributed by atoms with Crippen LogP contribution in [-0.2, 0) is 27.9 Å². The Hall–Kier alpha value is -2.10. The smallest absolute Gasteiger partial charge is 0.457 e. The molecule has 9 nitrogen and oxygen atoms in total. The zero-order chi connectivity index (χ0) is 42.5. The number of allylic oxidation sites excluding steroid dienone is 12. The van der Waals surface area contributed by atoms with Gasteiger partial charge in [-0.25, -0.2) is 4.57 Å². The number of aliphatic hydroxyl groups excluding tert-OH is 2. The average Bonchev–Trinajstić information content (AvgIpc) is 3.21. The van der Waals surface area contributed by atoms with Gasteiger partial charge in [-0.2, -0.15) is 0 Å². The lowest BCUT2D eigenvalue weighted by Gasteiger charge is -2.20. The Morgan fingerprint density at radius 3 is 1.38 bits per heavy atom. The number of esters is 1. The summed E-state index contributed by atoms with van der Waals surface area (Å²) in [6.07, 6.45) is 53.1. The van der Waals surface area contributed by atoms with Gasteiger partial charge in [0, 0.05) is 13.0 Å². The van der Waals surface area contributed by atoms with Crippen molar-refractivity contribution in [2.45, 2.75) is 193 Å². The van der Waals surface area contributed by atoms with Crippen LogP contribution in [0.5, 0.6) is 0 Å². The second-order valence-electron chi connectivity index (χ2n) is 15.0. The van der Waals surface area contributed by atoms with Crippen LogP contribution in [0, 0.1) is 0 Å². The van der Waals surface area contributed by atoms with Crippen LogP contribution in [0.4, 0.5) is 0 Å². The SMILES string of the molecule is CC/C=C\C/C=C\C/C=C\C/C=C\C/C=C\C/C=C\CCC(=O)O[C@H](COCCCCCCCCCCCCCCCCCCCC)COP(=O)(O)OC[C@@H](O)CO. The monoisotopic (exact) mass is 837 g/mol. The molecule has 0 aliphatic heterocycles. The summed E-state index contributed by atoms with van der Waals surface area (Å²) in [6.45, 7) is 3.31. The van der Waals surface area contributed by atoms with Gasteiger partial charge in [0.05, 0.1) is 26.4 Å². The molecular formula is C48H85O9P. The lowest BCUT2D eigenvalue weighted by molar-refractivity contribution is -0.154. The van der Waals surface area contributed by atoms with E-state index in [9.17, 15) is 19.4 Å². The standard InChI is InChI=1S/C48H85O9P/c1-3-5-7-9-11-13-15-17-19-21-23-24-26-28-30-32-34-36-38-40-48(51)57-47(45-56-58(52,53)55-43-46(50)42-49)44-54-41-39-37-35-33-31-29-27-25-22-20-18-16-14-12-10-8-6-4-2/h5,7,11,13,17,19,23-24,28,30,34,36,46-47,49-50H,3-4,6,8-10,12,14-16,18,20-22,25-27,29,31-33,35,37-45H2,1-2H3,(H,52,53)/b7-5-,13-11-,19-17-,24-23-,30-28-,36-34-/t46-,47+/m0/s1. The summed E-state index contributed by atoms with van der Waals surface area (Å²) in [5, 5.41) is 18.4. The van der Waals surface area contributed by atoms with Crippen molar-refractivity contribution >= 4 is 13.8 Å². The molecule has 0 saturated heterocycles. The molecule has 0 amide bonds. The maximum atomic E-state index is 12.6. The molecule has 0 aromatic carbocycles. The van der Waals surface area contributed by atoms with E-state index in [2.05, 4.69) is 74.6 Å². The first-order valence-corrected chi connectivity index (χ1v) is 24.4. The number of rotatable bonds is 43. The van der Waals surface area contributed by atoms with Crippen molar-refractivity contribution in [2.75, 3.05) is 33.0 Å². The van der Waals surface area contributed by atoms with E-state index in [0.29, 0.717) is 13.0 Å². The first-order chi connectivity index (χ1) is 28.3. The van der Waals surface area contributed by atoms with Crippen molar-refractivity contribution in [1.29, 1.82) is 0 Å². The largest absolute Gasteiger partial charge is 0.472 e. The third-order valence-corrected chi connectivity index (χ3v) is 10.4. The Labute approximate surface area is 354 Å². The number of carbonyl (C=O) groups excluding carboxylic acids is 1. The molecule has 0 saturated carbocycles. The molecule has 3 atom stereocenters. The molecule has 0 spiro atoms. The van der Waals surface area contributed by atoms with Crippen LogP contribution in [0.2, 0.25) is 0 Å². The van der Waals surface area contributed by atoms with Crippen molar-refractivity contribution in [2.24, 2.45) is 0 Å².